The molecule has 0 bridgehead atoms. The Morgan fingerprint density at radius 2 is 1.83 bits per heavy atom. The maximum absolute atomic E-state index is 12.9. The first-order valence-corrected chi connectivity index (χ1v) is 10.1. The lowest BCUT2D eigenvalue weighted by Gasteiger charge is -2.20. The second-order valence-electron chi connectivity index (χ2n) is 8.45. The lowest BCUT2D eigenvalue weighted by atomic mass is 10.0. The molecule has 2 amide bonds. The summed E-state index contributed by atoms with van der Waals surface area (Å²) in [4.78, 5) is 29.7. The monoisotopic (exact) mass is 411 g/mol. The zero-order valence-electron chi connectivity index (χ0n) is 18.2. The van der Waals surface area contributed by atoms with Crippen LogP contribution in [0.5, 0.6) is 5.75 Å². The Kier molecular flexibility index (Phi) is 6.29. The van der Waals surface area contributed by atoms with Crippen molar-refractivity contribution < 1.29 is 19.1 Å². The maximum Gasteiger partial charge on any atom is 0.407 e. The minimum absolute atomic E-state index is 0.154. The first-order chi connectivity index (χ1) is 14.2. The van der Waals surface area contributed by atoms with E-state index in [1.54, 1.807) is 33.9 Å². The van der Waals surface area contributed by atoms with Crippen molar-refractivity contribution >= 4 is 12.0 Å². The first-order valence-electron chi connectivity index (χ1n) is 10.1. The number of hydrogen-bond acceptors (Lipinski definition) is 5. The van der Waals surface area contributed by atoms with E-state index in [0.29, 0.717) is 22.5 Å². The molecule has 0 aliphatic heterocycles. The highest BCUT2D eigenvalue weighted by atomic mass is 16.6. The summed E-state index contributed by atoms with van der Waals surface area (Å²) in [6, 6.07) is 9.52. The molecule has 0 unspecified atom stereocenters. The van der Waals surface area contributed by atoms with Crippen LogP contribution >= 0.6 is 0 Å². The van der Waals surface area contributed by atoms with Gasteiger partial charge in [-0.05, 0) is 70.9 Å². The SMILES string of the molecule is COc1ccc(-c2cc(C(=O)NC3CC3)c(CNC(=O)OC(C)(C)C)c(C)n2)cc1. The third-order valence-corrected chi connectivity index (χ3v) is 4.68. The number of pyridine rings is 1. The standard InChI is InChI=1S/C23H29N3O4/c1-14-19(13-24-22(28)30-23(2,3)4)18(21(27)26-16-8-9-16)12-20(25-14)15-6-10-17(29-5)11-7-15/h6-7,10-12,16H,8-9,13H2,1-5H3,(H,24,28)(H,26,27). The summed E-state index contributed by atoms with van der Waals surface area (Å²) in [6.45, 7) is 7.41. The number of hydrogen-bond donors (Lipinski definition) is 2. The second-order valence-corrected chi connectivity index (χ2v) is 8.45. The highest BCUT2D eigenvalue weighted by Crippen LogP contribution is 2.26. The normalized spacial score (nSPS) is 13.5. The Bertz CT molecular complexity index is 929. The van der Waals surface area contributed by atoms with Gasteiger partial charge in [-0.25, -0.2) is 4.79 Å². The molecule has 1 fully saturated rings. The predicted octanol–water partition coefficient (Wildman–Crippen LogP) is 3.98. The van der Waals surface area contributed by atoms with Gasteiger partial charge in [0, 0.05) is 35.0 Å². The van der Waals surface area contributed by atoms with Gasteiger partial charge in [-0.3, -0.25) is 9.78 Å². The van der Waals surface area contributed by atoms with Gasteiger partial charge in [-0.2, -0.15) is 0 Å². The van der Waals surface area contributed by atoms with Crippen molar-refractivity contribution in [1.82, 2.24) is 15.6 Å². The molecule has 1 aromatic carbocycles. The van der Waals surface area contributed by atoms with Crippen molar-refractivity contribution in [3.8, 4) is 17.0 Å². The van der Waals surface area contributed by atoms with Crippen LogP contribution in [0.15, 0.2) is 30.3 Å². The number of nitrogens with zero attached hydrogens (tertiary/aromatic N) is 1. The Morgan fingerprint density at radius 1 is 1.17 bits per heavy atom. The van der Waals surface area contributed by atoms with Crippen LogP contribution in [0, 0.1) is 6.92 Å². The molecule has 1 aromatic heterocycles. The molecule has 2 aromatic rings. The number of carbonyl (C=O) groups excluding carboxylic acids is 2. The number of aryl methyl sites for hydroxylation is 1. The van der Waals surface area contributed by atoms with Gasteiger partial charge in [0.05, 0.1) is 12.8 Å². The Hall–Kier alpha value is -3.09. The second kappa shape index (κ2) is 8.73. The lowest BCUT2D eigenvalue weighted by Crippen LogP contribution is -2.33. The summed E-state index contributed by atoms with van der Waals surface area (Å²) in [5, 5.41) is 5.77. The molecule has 7 nitrogen and oxygen atoms in total. The number of aromatic nitrogens is 1. The number of benzene rings is 1. The van der Waals surface area contributed by atoms with E-state index in [0.717, 1.165) is 24.2 Å². The molecule has 1 saturated carbocycles. The maximum atomic E-state index is 12.9. The largest absolute Gasteiger partial charge is 0.497 e. The van der Waals surface area contributed by atoms with Crippen LogP contribution in [0.4, 0.5) is 4.79 Å². The van der Waals surface area contributed by atoms with Gasteiger partial charge in [0.25, 0.3) is 5.91 Å². The van der Waals surface area contributed by atoms with Gasteiger partial charge < -0.3 is 20.1 Å². The van der Waals surface area contributed by atoms with E-state index in [1.807, 2.05) is 31.2 Å². The van der Waals surface area contributed by atoms with E-state index < -0.39 is 11.7 Å². The minimum Gasteiger partial charge on any atom is -0.497 e. The molecule has 3 rings (SSSR count). The smallest absolute Gasteiger partial charge is 0.407 e. The fourth-order valence-corrected chi connectivity index (χ4v) is 3.00. The number of nitrogens with one attached hydrogen (secondary N) is 2. The van der Waals surface area contributed by atoms with E-state index in [4.69, 9.17) is 9.47 Å². The molecule has 30 heavy (non-hydrogen) atoms. The van der Waals surface area contributed by atoms with Crippen LogP contribution in [0.1, 0.15) is 55.2 Å². The number of carbonyl (C=O) groups is 2. The fourth-order valence-electron chi connectivity index (χ4n) is 3.00. The molecule has 0 atom stereocenters. The van der Waals surface area contributed by atoms with Crippen LogP contribution in [0.25, 0.3) is 11.3 Å². The molecule has 1 aliphatic carbocycles. The third kappa shape index (κ3) is 5.72. The van der Waals surface area contributed by atoms with Gasteiger partial charge in [-0.1, -0.05) is 0 Å². The van der Waals surface area contributed by atoms with Crippen molar-refractivity contribution in [1.29, 1.82) is 0 Å². The zero-order chi connectivity index (χ0) is 21.9. The van der Waals surface area contributed by atoms with E-state index >= 15 is 0 Å². The topological polar surface area (TPSA) is 89.6 Å². The first kappa shape index (κ1) is 21.6. The van der Waals surface area contributed by atoms with E-state index in [-0.39, 0.29) is 18.5 Å². The van der Waals surface area contributed by atoms with Crippen molar-refractivity contribution in [2.75, 3.05) is 7.11 Å². The molecular weight excluding hydrogens is 382 g/mol. The summed E-state index contributed by atoms with van der Waals surface area (Å²) in [7, 11) is 1.62. The van der Waals surface area contributed by atoms with E-state index in [9.17, 15) is 9.59 Å². The van der Waals surface area contributed by atoms with Crippen molar-refractivity contribution in [3.05, 3.63) is 47.2 Å². The van der Waals surface area contributed by atoms with Crippen LogP contribution in [0.3, 0.4) is 0 Å². The van der Waals surface area contributed by atoms with Crippen LogP contribution in [-0.4, -0.2) is 35.7 Å². The highest BCUT2D eigenvalue weighted by Gasteiger charge is 2.26. The molecule has 1 aliphatic rings. The van der Waals surface area contributed by atoms with E-state index in [1.165, 1.54) is 0 Å². The van der Waals surface area contributed by atoms with Crippen molar-refractivity contribution in [3.63, 3.8) is 0 Å². The van der Waals surface area contributed by atoms with Crippen molar-refractivity contribution in [2.24, 2.45) is 0 Å². The number of amides is 2. The van der Waals surface area contributed by atoms with Gasteiger partial charge >= 0.3 is 6.09 Å². The number of alkyl carbamates (subject to hydrolysis) is 1. The summed E-state index contributed by atoms with van der Waals surface area (Å²) in [5.74, 6) is 0.596. The predicted molar refractivity (Wildman–Crippen MR) is 115 cm³/mol. The molecule has 1 heterocycles. The summed E-state index contributed by atoms with van der Waals surface area (Å²) >= 11 is 0. The molecular formula is C23H29N3O4. The van der Waals surface area contributed by atoms with Crippen molar-refractivity contribution in [2.45, 2.75) is 58.7 Å². The Labute approximate surface area is 177 Å². The molecule has 7 heteroatoms. The van der Waals surface area contributed by atoms with E-state index in [2.05, 4.69) is 15.6 Å². The summed E-state index contributed by atoms with van der Waals surface area (Å²) < 4.78 is 10.5. The number of rotatable bonds is 6. The Balaban J connectivity index is 1.89. The number of ether oxygens (including phenoxy) is 2. The quantitative estimate of drug-likeness (QED) is 0.750. The Morgan fingerprint density at radius 3 is 2.40 bits per heavy atom. The molecule has 160 valence electrons. The highest BCUT2D eigenvalue weighted by molar-refractivity contribution is 5.97. The number of methoxy groups -OCH3 is 1. The fraction of sp³-hybridized carbons (Fsp3) is 0.435. The molecule has 0 spiro atoms. The molecule has 0 saturated heterocycles. The average Bonchev–Trinajstić information content (AvgIpc) is 3.49. The van der Waals surface area contributed by atoms with Crippen LogP contribution < -0.4 is 15.4 Å². The minimum atomic E-state index is -0.595. The molecule has 2 N–H and O–H groups in total. The summed E-state index contributed by atoms with van der Waals surface area (Å²) in [5.41, 5.74) is 2.85. The van der Waals surface area contributed by atoms with Gasteiger partial charge in [0.15, 0.2) is 0 Å². The van der Waals surface area contributed by atoms with Crippen LogP contribution in [0.2, 0.25) is 0 Å². The van der Waals surface area contributed by atoms with Gasteiger partial charge in [-0.15, -0.1) is 0 Å². The molecule has 0 radical (unpaired) electrons. The van der Waals surface area contributed by atoms with Gasteiger partial charge in [0.2, 0.25) is 0 Å². The van der Waals surface area contributed by atoms with Crippen LogP contribution in [-0.2, 0) is 11.3 Å². The zero-order valence-corrected chi connectivity index (χ0v) is 18.2. The average molecular weight is 412 g/mol. The third-order valence-electron chi connectivity index (χ3n) is 4.68. The van der Waals surface area contributed by atoms with Gasteiger partial charge in [0.1, 0.15) is 11.4 Å². The summed E-state index contributed by atoms with van der Waals surface area (Å²) in [6.07, 6.45) is 1.45. The lowest BCUT2D eigenvalue weighted by molar-refractivity contribution is 0.0522.